The molecule has 0 saturated heterocycles. The van der Waals surface area contributed by atoms with Crippen molar-refractivity contribution in [3.8, 4) is 0 Å². The van der Waals surface area contributed by atoms with E-state index in [-0.39, 0.29) is 4.90 Å². The predicted octanol–water partition coefficient (Wildman–Crippen LogP) is 3.24. The monoisotopic (exact) mass is 322 g/mol. The average Bonchev–Trinajstić information content (AvgIpc) is 2.47. The first-order valence-corrected chi connectivity index (χ1v) is 8.43. The van der Waals surface area contributed by atoms with Crippen molar-refractivity contribution in [2.75, 3.05) is 0 Å². The van der Waals surface area contributed by atoms with Crippen molar-refractivity contribution in [2.45, 2.75) is 17.7 Å². The van der Waals surface area contributed by atoms with Crippen LogP contribution in [0.25, 0.3) is 0 Å². The smallest absolute Gasteiger partial charge is 0.282 e. The Morgan fingerprint density at radius 1 is 1.05 bits per heavy atom. The third-order valence-corrected chi connectivity index (χ3v) is 4.15. The van der Waals surface area contributed by atoms with Gasteiger partial charge in [0.1, 0.15) is 0 Å². The third-order valence-electron chi connectivity index (χ3n) is 2.71. The van der Waals surface area contributed by atoms with Gasteiger partial charge in [0, 0.05) is 0 Å². The van der Waals surface area contributed by atoms with E-state index in [2.05, 4.69) is 40.1 Å². The lowest BCUT2D eigenvalue weighted by Crippen LogP contribution is -1.99. The van der Waals surface area contributed by atoms with Crippen LogP contribution in [0.15, 0.2) is 72.1 Å². The average molecular weight is 322 g/mol. The highest BCUT2D eigenvalue weighted by molar-refractivity contribution is 7.85. The summed E-state index contributed by atoms with van der Waals surface area (Å²) in [5.74, 6) is 0. The molecule has 0 saturated carbocycles. The van der Waals surface area contributed by atoms with Crippen LogP contribution in [0.3, 0.4) is 0 Å². The molecule has 3 nitrogen and oxygen atoms in total. The molecule has 21 heavy (non-hydrogen) atoms. The van der Waals surface area contributed by atoms with Crippen LogP contribution in [-0.4, -0.2) is 13.0 Å². The first-order valence-electron chi connectivity index (χ1n) is 6.42. The standard InChI is InChI=1S/C10H13P.C6H6O3S/c1-2-3-6-9-7-4-5-8-10(9)11;7-10(8,9)6-4-2-1-3-5-6/h2,4-5,7-8H,1,3,6,11H2;1-5H,(H,7,8,9). The van der Waals surface area contributed by atoms with Crippen LogP contribution in [0, 0.1) is 0 Å². The van der Waals surface area contributed by atoms with E-state index in [9.17, 15) is 8.42 Å². The summed E-state index contributed by atoms with van der Waals surface area (Å²) in [4.78, 5) is -0.0741. The Labute approximate surface area is 128 Å². The second-order valence-corrected chi connectivity index (χ2v) is 6.36. The molecule has 5 heteroatoms. The van der Waals surface area contributed by atoms with Gasteiger partial charge in [0.25, 0.3) is 10.1 Å². The van der Waals surface area contributed by atoms with E-state index in [0.29, 0.717) is 0 Å². The molecule has 0 fully saturated rings. The fraction of sp³-hybridized carbons (Fsp3) is 0.125. The van der Waals surface area contributed by atoms with Gasteiger partial charge in [-0.15, -0.1) is 15.8 Å². The van der Waals surface area contributed by atoms with Gasteiger partial charge in [-0.2, -0.15) is 8.42 Å². The lowest BCUT2D eigenvalue weighted by atomic mass is 10.1. The van der Waals surface area contributed by atoms with Gasteiger partial charge in [-0.1, -0.05) is 48.5 Å². The van der Waals surface area contributed by atoms with Crippen molar-refractivity contribution in [2.24, 2.45) is 0 Å². The number of hydrogen-bond donors (Lipinski definition) is 1. The molecule has 1 N–H and O–H groups in total. The fourth-order valence-corrected chi connectivity index (χ4v) is 2.46. The Kier molecular flexibility index (Phi) is 7.30. The summed E-state index contributed by atoms with van der Waals surface area (Å²) in [6, 6.07) is 15.8. The third kappa shape index (κ3) is 6.67. The van der Waals surface area contributed by atoms with E-state index in [1.165, 1.54) is 23.0 Å². The maximum Gasteiger partial charge on any atom is 0.294 e. The minimum Gasteiger partial charge on any atom is -0.282 e. The van der Waals surface area contributed by atoms with Crippen LogP contribution >= 0.6 is 9.24 Å². The summed E-state index contributed by atoms with van der Waals surface area (Å²) in [5, 5.41) is 1.30. The molecule has 0 radical (unpaired) electrons. The zero-order chi connectivity index (χ0) is 15.7. The molecule has 2 rings (SSSR count). The van der Waals surface area contributed by atoms with Crippen LogP contribution in [-0.2, 0) is 16.5 Å². The summed E-state index contributed by atoms with van der Waals surface area (Å²) >= 11 is 0. The first-order chi connectivity index (χ1) is 9.95. The molecule has 2 aromatic carbocycles. The normalized spacial score (nSPS) is 10.4. The van der Waals surface area contributed by atoms with E-state index in [0.717, 1.165) is 12.8 Å². The second kappa shape index (κ2) is 8.73. The number of benzene rings is 2. The lowest BCUT2D eigenvalue weighted by molar-refractivity contribution is 0.483. The summed E-state index contributed by atoms with van der Waals surface area (Å²) < 4.78 is 29.2. The van der Waals surface area contributed by atoms with Crippen molar-refractivity contribution >= 4 is 24.7 Å². The maximum atomic E-state index is 10.4. The molecule has 0 aliphatic carbocycles. The summed E-state index contributed by atoms with van der Waals surface area (Å²) in [6.07, 6.45) is 4.12. The second-order valence-electron chi connectivity index (χ2n) is 4.31. The van der Waals surface area contributed by atoms with Gasteiger partial charge in [0.2, 0.25) is 0 Å². The van der Waals surface area contributed by atoms with E-state index in [4.69, 9.17) is 4.55 Å². The van der Waals surface area contributed by atoms with Gasteiger partial charge in [-0.3, -0.25) is 4.55 Å². The molecule has 0 bridgehead atoms. The summed E-state index contributed by atoms with van der Waals surface area (Å²) in [5.41, 5.74) is 1.40. The van der Waals surface area contributed by atoms with Gasteiger partial charge in [-0.05, 0) is 35.8 Å². The fourth-order valence-electron chi connectivity index (χ4n) is 1.61. The number of rotatable bonds is 4. The number of allylic oxidation sites excluding steroid dienone is 1. The van der Waals surface area contributed by atoms with Gasteiger partial charge < -0.3 is 0 Å². The van der Waals surface area contributed by atoms with E-state index in [1.54, 1.807) is 18.2 Å². The van der Waals surface area contributed by atoms with E-state index < -0.39 is 10.1 Å². The zero-order valence-corrected chi connectivity index (χ0v) is 13.6. The van der Waals surface area contributed by atoms with E-state index >= 15 is 0 Å². The highest BCUT2D eigenvalue weighted by Crippen LogP contribution is 2.05. The highest BCUT2D eigenvalue weighted by atomic mass is 32.2. The Bertz CT molecular complexity index is 667. The van der Waals surface area contributed by atoms with Crippen molar-refractivity contribution < 1.29 is 13.0 Å². The van der Waals surface area contributed by atoms with Crippen LogP contribution < -0.4 is 5.30 Å². The molecule has 1 atom stereocenters. The Balaban J connectivity index is 0.000000211. The van der Waals surface area contributed by atoms with Crippen molar-refractivity contribution in [1.29, 1.82) is 0 Å². The highest BCUT2D eigenvalue weighted by Gasteiger charge is 2.05. The molecule has 0 spiro atoms. The largest absolute Gasteiger partial charge is 0.294 e. The summed E-state index contributed by atoms with van der Waals surface area (Å²) in [6.45, 7) is 3.70. The van der Waals surface area contributed by atoms with Crippen molar-refractivity contribution in [3.63, 3.8) is 0 Å². The SMILES string of the molecule is C=CCCc1ccccc1P.O=S(=O)(O)c1ccccc1. The van der Waals surface area contributed by atoms with Crippen LogP contribution in [0.1, 0.15) is 12.0 Å². The molecule has 0 aliphatic heterocycles. The summed E-state index contributed by atoms with van der Waals surface area (Å²) in [7, 11) is -1.26. The first kappa shape index (κ1) is 17.6. The molecular weight excluding hydrogens is 303 g/mol. The van der Waals surface area contributed by atoms with E-state index in [1.807, 2.05) is 6.08 Å². The molecule has 0 amide bonds. The zero-order valence-electron chi connectivity index (χ0n) is 11.6. The minimum atomic E-state index is -4.00. The Morgan fingerprint density at radius 2 is 1.62 bits per heavy atom. The molecule has 112 valence electrons. The van der Waals surface area contributed by atoms with Gasteiger partial charge >= 0.3 is 0 Å². The minimum absolute atomic E-state index is 0.0741. The molecular formula is C16H19O3PS. The van der Waals surface area contributed by atoms with Gasteiger partial charge in [0.05, 0.1) is 4.90 Å². The Morgan fingerprint density at radius 3 is 2.10 bits per heavy atom. The number of hydrogen-bond acceptors (Lipinski definition) is 2. The molecule has 1 unspecified atom stereocenters. The number of aryl methyl sites for hydroxylation is 1. The molecule has 0 heterocycles. The van der Waals surface area contributed by atoms with Crippen LogP contribution in [0.5, 0.6) is 0 Å². The van der Waals surface area contributed by atoms with Crippen molar-refractivity contribution in [1.82, 2.24) is 0 Å². The Hall–Kier alpha value is -1.48. The van der Waals surface area contributed by atoms with Gasteiger partial charge in [-0.25, -0.2) is 0 Å². The lowest BCUT2D eigenvalue weighted by Gasteiger charge is -2.01. The molecule has 2 aromatic rings. The van der Waals surface area contributed by atoms with Gasteiger partial charge in [0.15, 0.2) is 0 Å². The molecule has 0 aromatic heterocycles. The van der Waals surface area contributed by atoms with Crippen LogP contribution in [0.2, 0.25) is 0 Å². The quantitative estimate of drug-likeness (QED) is 0.534. The molecule has 0 aliphatic rings. The van der Waals surface area contributed by atoms with Crippen molar-refractivity contribution in [3.05, 3.63) is 72.8 Å². The predicted molar refractivity (Wildman–Crippen MR) is 90.6 cm³/mol. The maximum absolute atomic E-state index is 10.4. The van der Waals surface area contributed by atoms with Crippen LogP contribution in [0.4, 0.5) is 0 Å². The topological polar surface area (TPSA) is 54.4 Å².